The fourth-order valence-electron chi connectivity index (χ4n) is 2.64. The van der Waals surface area contributed by atoms with E-state index in [0.29, 0.717) is 6.04 Å². The summed E-state index contributed by atoms with van der Waals surface area (Å²) in [5, 5.41) is 9.35. The summed E-state index contributed by atoms with van der Waals surface area (Å²) in [6.45, 7) is 2.16. The number of rotatable bonds is 3. The zero-order chi connectivity index (χ0) is 12.5. The van der Waals surface area contributed by atoms with Crippen molar-refractivity contribution in [3.8, 4) is 0 Å². The van der Waals surface area contributed by atoms with Gasteiger partial charge in [-0.3, -0.25) is 4.90 Å². The third-order valence-electron chi connectivity index (χ3n) is 3.62. The summed E-state index contributed by atoms with van der Waals surface area (Å²) in [4.78, 5) is 6.74. The minimum absolute atomic E-state index is 0.250. The Kier molecular flexibility index (Phi) is 3.37. The molecule has 2 aromatic rings. The van der Waals surface area contributed by atoms with Gasteiger partial charge in [0.25, 0.3) is 0 Å². The highest BCUT2D eigenvalue weighted by molar-refractivity contribution is 9.10. The number of fused-ring (bicyclic) bond motifs is 1. The van der Waals surface area contributed by atoms with Crippen LogP contribution in [0.25, 0.3) is 5.65 Å². The second-order valence-corrected chi connectivity index (χ2v) is 5.69. The van der Waals surface area contributed by atoms with E-state index in [0.717, 1.165) is 29.6 Å². The fourth-order valence-corrected chi connectivity index (χ4v) is 2.98. The van der Waals surface area contributed by atoms with E-state index >= 15 is 0 Å². The summed E-state index contributed by atoms with van der Waals surface area (Å²) in [7, 11) is 0. The molecule has 0 aromatic carbocycles. The summed E-state index contributed by atoms with van der Waals surface area (Å²) < 4.78 is 3.16. The zero-order valence-corrected chi connectivity index (χ0v) is 11.7. The molecule has 0 spiro atoms. The lowest BCUT2D eigenvalue weighted by atomic mass is 10.2. The molecule has 1 aliphatic rings. The Morgan fingerprint density at radius 3 is 3.17 bits per heavy atom. The number of imidazole rings is 1. The molecular weight excluding hydrogens is 294 g/mol. The van der Waals surface area contributed by atoms with Crippen LogP contribution in [0, 0.1) is 0 Å². The molecule has 0 bridgehead atoms. The third-order valence-corrected chi connectivity index (χ3v) is 4.09. The highest BCUT2D eigenvalue weighted by Crippen LogP contribution is 2.21. The number of hydrogen-bond acceptors (Lipinski definition) is 3. The molecule has 18 heavy (non-hydrogen) atoms. The molecule has 0 unspecified atom stereocenters. The van der Waals surface area contributed by atoms with E-state index in [1.807, 2.05) is 24.5 Å². The van der Waals surface area contributed by atoms with Crippen molar-refractivity contribution in [1.82, 2.24) is 14.3 Å². The lowest BCUT2D eigenvalue weighted by Gasteiger charge is -2.22. The molecule has 3 heterocycles. The number of likely N-dealkylation sites (tertiary alicyclic amines) is 1. The van der Waals surface area contributed by atoms with Crippen LogP contribution in [-0.2, 0) is 6.54 Å². The van der Waals surface area contributed by atoms with Crippen molar-refractivity contribution in [2.45, 2.75) is 25.4 Å². The van der Waals surface area contributed by atoms with Crippen molar-refractivity contribution < 1.29 is 5.11 Å². The fraction of sp³-hybridized carbons (Fsp3) is 0.462. The van der Waals surface area contributed by atoms with E-state index in [2.05, 4.69) is 30.2 Å². The van der Waals surface area contributed by atoms with Crippen molar-refractivity contribution in [3.63, 3.8) is 0 Å². The van der Waals surface area contributed by atoms with Gasteiger partial charge in [-0.05, 0) is 47.4 Å². The summed E-state index contributed by atoms with van der Waals surface area (Å²) >= 11 is 3.49. The molecule has 1 N–H and O–H groups in total. The number of aliphatic hydroxyl groups excluding tert-OH is 1. The Balaban J connectivity index is 1.88. The quantitative estimate of drug-likeness (QED) is 0.943. The van der Waals surface area contributed by atoms with Crippen LogP contribution < -0.4 is 0 Å². The van der Waals surface area contributed by atoms with Crippen LogP contribution in [0.4, 0.5) is 0 Å². The molecule has 96 valence electrons. The van der Waals surface area contributed by atoms with E-state index in [-0.39, 0.29) is 6.61 Å². The van der Waals surface area contributed by atoms with Gasteiger partial charge in [-0.1, -0.05) is 0 Å². The first-order valence-electron chi connectivity index (χ1n) is 6.24. The maximum atomic E-state index is 9.35. The first kappa shape index (κ1) is 12.1. The van der Waals surface area contributed by atoms with Gasteiger partial charge in [0.15, 0.2) is 0 Å². The minimum atomic E-state index is 0.250. The van der Waals surface area contributed by atoms with E-state index < -0.39 is 0 Å². The van der Waals surface area contributed by atoms with Crippen LogP contribution in [0.1, 0.15) is 18.5 Å². The highest BCUT2D eigenvalue weighted by Gasteiger charge is 2.24. The standard InChI is InChI=1S/C13H16BrN3O/c14-10-3-4-13-15-6-12(17(13)7-10)8-16-5-1-2-11(16)9-18/h3-4,6-7,11,18H,1-2,5,8-9H2/t11-/m0/s1. The minimum Gasteiger partial charge on any atom is -0.395 e. The molecule has 1 atom stereocenters. The van der Waals surface area contributed by atoms with Gasteiger partial charge in [0.2, 0.25) is 0 Å². The molecule has 3 rings (SSSR count). The Morgan fingerprint density at radius 1 is 1.44 bits per heavy atom. The van der Waals surface area contributed by atoms with E-state index in [1.54, 1.807) is 0 Å². The summed E-state index contributed by atoms with van der Waals surface area (Å²) in [5.74, 6) is 0. The first-order chi connectivity index (χ1) is 8.78. The number of aromatic nitrogens is 2. The Bertz CT molecular complexity index is 554. The molecular formula is C13H16BrN3O. The maximum Gasteiger partial charge on any atom is 0.136 e. The van der Waals surface area contributed by atoms with Gasteiger partial charge in [0.1, 0.15) is 5.65 Å². The zero-order valence-electron chi connectivity index (χ0n) is 10.1. The average Bonchev–Trinajstić information content (AvgIpc) is 2.97. The smallest absolute Gasteiger partial charge is 0.136 e. The van der Waals surface area contributed by atoms with Crippen LogP contribution in [0.2, 0.25) is 0 Å². The normalized spacial score (nSPS) is 20.9. The van der Waals surface area contributed by atoms with Crippen LogP contribution in [0.5, 0.6) is 0 Å². The summed E-state index contributed by atoms with van der Waals surface area (Å²) in [6.07, 6.45) is 6.23. The van der Waals surface area contributed by atoms with Gasteiger partial charge < -0.3 is 9.51 Å². The number of halogens is 1. The van der Waals surface area contributed by atoms with Crippen LogP contribution in [-0.4, -0.2) is 38.6 Å². The Morgan fingerprint density at radius 2 is 2.33 bits per heavy atom. The molecule has 0 aliphatic carbocycles. The lowest BCUT2D eigenvalue weighted by Crippen LogP contribution is -2.32. The monoisotopic (exact) mass is 309 g/mol. The molecule has 1 aliphatic heterocycles. The van der Waals surface area contributed by atoms with Crippen molar-refractivity contribution in [3.05, 3.63) is 34.7 Å². The van der Waals surface area contributed by atoms with Gasteiger partial charge in [0.05, 0.1) is 18.5 Å². The van der Waals surface area contributed by atoms with Crippen molar-refractivity contribution in [1.29, 1.82) is 0 Å². The van der Waals surface area contributed by atoms with Crippen LogP contribution >= 0.6 is 15.9 Å². The van der Waals surface area contributed by atoms with E-state index in [9.17, 15) is 5.11 Å². The molecule has 0 amide bonds. The van der Waals surface area contributed by atoms with Gasteiger partial charge in [0, 0.05) is 23.3 Å². The van der Waals surface area contributed by atoms with Crippen LogP contribution in [0.15, 0.2) is 29.0 Å². The number of hydrogen-bond donors (Lipinski definition) is 1. The number of nitrogens with zero attached hydrogens (tertiary/aromatic N) is 3. The summed E-state index contributed by atoms with van der Waals surface area (Å²) in [6, 6.07) is 4.31. The second-order valence-electron chi connectivity index (χ2n) is 4.77. The average molecular weight is 310 g/mol. The number of aliphatic hydroxyl groups is 1. The molecule has 0 saturated carbocycles. The van der Waals surface area contributed by atoms with Crippen molar-refractivity contribution >= 4 is 21.6 Å². The predicted octanol–water partition coefficient (Wildman–Crippen LogP) is 2.05. The highest BCUT2D eigenvalue weighted by atomic mass is 79.9. The molecule has 0 radical (unpaired) electrons. The van der Waals surface area contributed by atoms with Crippen molar-refractivity contribution in [2.75, 3.05) is 13.2 Å². The maximum absolute atomic E-state index is 9.35. The van der Waals surface area contributed by atoms with E-state index in [1.165, 1.54) is 12.1 Å². The SMILES string of the molecule is OC[C@@H]1CCCN1Cc1cnc2ccc(Br)cn12. The van der Waals surface area contributed by atoms with Crippen LogP contribution in [0.3, 0.4) is 0 Å². The Labute approximate surface area is 114 Å². The first-order valence-corrected chi connectivity index (χ1v) is 7.03. The molecule has 1 fully saturated rings. The third kappa shape index (κ3) is 2.18. The summed E-state index contributed by atoms with van der Waals surface area (Å²) in [5.41, 5.74) is 2.14. The van der Waals surface area contributed by atoms with Gasteiger partial charge in [-0.25, -0.2) is 4.98 Å². The van der Waals surface area contributed by atoms with Gasteiger partial charge in [-0.15, -0.1) is 0 Å². The van der Waals surface area contributed by atoms with Gasteiger partial charge in [-0.2, -0.15) is 0 Å². The lowest BCUT2D eigenvalue weighted by molar-refractivity contribution is 0.152. The molecule has 5 heteroatoms. The topological polar surface area (TPSA) is 40.8 Å². The molecule has 2 aromatic heterocycles. The Hall–Kier alpha value is -0.910. The van der Waals surface area contributed by atoms with Gasteiger partial charge >= 0.3 is 0 Å². The number of pyridine rings is 1. The molecule has 4 nitrogen and oxygen atoms in total. The van der Waals surface area contributed by atoms with Crippen molar-refractivity contribution in [2.24, 2.45) is 0 Å². The molecule has 1 saturated heterocycles. The largest absolute Gasteiger partial charge is 0.395 e. The van der Waals surface area contributed by atoms with E-state index in [4.69, 9.17) is 0 Å². The predicted molar refractivity (Wildman–Crippen MR) is 73.4 cm³/mol. The second kappa shape index (κ2) is 4.99.